The fourth-order valence-corrected chi connectivity index (χ4v) is 2.53. The van der Waals surface area contributed by atoms with Crippen LogP contribution in [0.15, 0.2) is 0 Å². The van der Waals surface area contributed by atoms with Crippen molar-refractivity contribution >= 4 is 4.67 Å². The Kier molecular flexibility index (Phi) is 3.28. The average molecular weight is 246 g/mol. The molecule has 1 aliphatic heterocycles. The Labute approximate surface area is 96.0 Å². The van der Waals surface area contributed by atoms with Crippen LogP contribution in [0.2, 0.25) is 0 Å². The first-order chi connectivity index (χ1) is 6.14. The van der Waals surface area contributed by atoms with E-state index in [9.17, 15) is 0 Å². The van der Waals surface area contributed by atoms with Gasteiger partial charge in [-0.05, 0) is 0 Å². The SMILES string of the molecule is CC(C)(C)N1CCN(C(C)(C)C)[C]1=[Cu]. The van der Waals surface area contributed by atoms with Gasteiger partial charge in [0.1, 0.15) is 0 Å². The van der Waals surface area contributed by atoms with Gasteiger partial charge in [0.15, 0.2) is 0 Å². The molecule has 0 aromatic rings. The predicted octanol–water partition coefficient (Wildman–Crippen LogP) is 1.84. The average Bonchev–Trinajstić information content (AvgIpc) is 2.26. The van der Waals surface area contributed by atoms with Crippen LogP contribution in [0.5, 0.6) is 0 Å². The summed E-state index contributed by atoms with van der Waals surface area (Å²) in [5.41, 5.74) is 0.289. The van der Waals surface area contributed by atoms with Gasteiger partial charge < -0.3 is 0 Å². The van der Waals surface area contributed by atoms with Crippen molar-refractivity contribution in [2.75, 3.05) is 13.1 Å². The van der Waals surface area contributed by atoms with Gasteiger partial charge in [-0.25, -0.2) is 0 Å². The van der Waals surface area contributed by atoms with E-state index < -0.39 is 0 Å². The topological polar surface area (TPSA) is 6.48 Å². The Balaban J connectivity index is 2.80. The molecule has 0 spiro atoms. The van der Waals surface area contributed by atoms with Crippen LogP contribution in [0.25, 0.3) is 0 Å². The summed E-state index contributed by atoms with van der Waals surface area (Å²) in [7, 11) is 0. The number of hydrogen-bond donors (Lipinski definition) is 0. The molecule has 0 saturated carbocycles. The molecule has 0 radical (unpaired) electrons. The Morgan fingerprint density at radius 2 is 1.14 bits per heavy atom. The van der Waals surface area contributed by atoms with Crippen molar-refractivity contribution in [3.05, 3.63) is 0 Å². The Morgan fingerprint density at radius 1 is 0.857 bits per heavy atom. The Bertz CT molecular complexity index is 211. The normalized spacial score (nSPS) is 22.1. The van der Waals surface area contributed by atoms with Gasteiger partial charge in [0, 0.05) is 0 Å². The predicted molar refractivity (Wildman–Crippen MR) is 57.9 cm³/mol. The molecule has 0 N–H and O–H groups in total. The molecular formula is C11H22CuN2. The van der Waals surface area contributed by atoms with Gasteiger partial charge in [-0.15, -0.1) is 0 Å². The van der Waals surface area contributed by atoms with E-state index in [1.807, 2.05) is 0 Å². The third-order valence-electron chi connectivity index (χ3n) is 2.57. The van der Waals surface area contributed by atoms with Crippen LogP contribution in [-0.4, -0.2) is 38.6 Å². The number of nitrogens with zero attached hydrogens (tertiary/aromatic N) is 2. The molecule has 0 amide bonds. The minimum atomic E-state index is 0.145. The van der Waals surface area contributed by atoms with Crippen LogP contribution in [0.3, 0.4) is 0 Å². The van der Waals surface area contributed by atoms with E-state index in [1.165, 1.54) is 0 Å². The molecule has 1 aliphatic rings. The van der Waals surface area contributed by atoms with E-state index in [0.717, 1.165) is 17.8 Å². The molecule has 1 fully saturated rings. The van der Waals surface area contributed by atoms with Crippen LogP contribution in [0.1, 0.15) is 41.5 Å². The summed E-state index contributed by atoms with van der Waals surface area (Å²) in [5, 5.41) is 0. The van der Waals surface area contributed by atoms with E-state index in [-0.39, 0.29) is 11.1 Å². The molecule has 0 aromatic carbocycles. The quantitative estimate of drug-likeness (QED) is 0.601. The molecule has 0 atom stereocenters. The first-order valence-electron chi connectivity index (χ1n) is 5.18. The molecule has 87 valence electrons. The zero-order chi connectivity index (χ0) is 11.1. The summed E-state index contributed by atoms with van der Waals surface area (Å²) in [4.78, 5) is 4.61. The molecule has 14 heavy (non-hydrogen) atoms. The molecule has 0 bridgehead atoms. The van der Waals surface area contributed by atoms with Crippen molar-refractivity contribution in [2.45, 2.75) is 52.6 Å². The number of hydrogen-bond acceptors (Lipinski definition) is 2. The molecule has 0 aromatic heterocycles. The molecule has 3 heteroatoms. The van der Waals surface area contributed by atoms with Gasteiger partial charge >= 0.3 is 95.8 Å². The second kappa shape index (κ2) is 3.71. The van der Waals surface area contributed by atoms with Crippen molar-refractivity contribution in [1.29, 1.82) is 0 Å². The molecule has 1 saturated heterocycles. The zero-order valence-electron chi connectivity index (χ0n) is 10.1. The first kappa shape index (κ1) is 12.4. The maximum atomic E-state index is 5.67. The third kappa shape index (κ3) is 2.46. The second-order valence-electron chi connectivity index (χ2n) is 5.88. The van der Waals surface area contributed by atoms with Gasteiger partial charge in [0.25, 0.3) is 0 Å². The molecule has 0 aliphatic carbocycles. The van der Waals surface area contributed by atoms with E-state index in [0.29, 0.717) is 0 Å². The molecule has 1 heterocycles. The van der Waals surface area contributed by atoms with E-state index in [4.69, 9.17) is 15.6 Å². The molecule has 0 unspecified atom stereocenters. The third-order valence-corrected chi connectivity index (χ3v) is 3.08. The monoisotopic (exact) mass is 245 g/mol. The van der Waals surface area contributed by atoms with Crippen LogP contribution < -0.4 is 0 Å². The summed E-state index contributed by atoms with van der Waals surface area (Å²) in [5.74, 6) is 0. The molecule has 2 nitrogen and oxygen atoms in total. The van der Waals surface area contributed by atoms with Crippen LogP contribution in [0, 0.1) is 0 Å². The van der Waals surface area contributed by atoms with Crippen LogP contribution >= 0.6 is 0 Å². The van der Waals surface area contributed by atoms with Crippen molar-refractivity contribution in [2.24, 2.45) is 0 Å². The van der Waals surface area contributed by atoms with Crippen LogP contribution in [0.4, 0.5) is 0 Å². The van der Waals surface area contributed by atoms with E-state index in [2.05, 4.69) is 51.3 Å². The fraction of sp³-hybridized carbons (Fsp3) is 0.909. The van der Waals surface area contributed by atoms with Gasteiger partial charge in [-0.2, -0.15) is 0 Å². The summed E-state index contributed by atoms with van der Waals surface area (Å²) in [6, 6.07) is 0. The van der Waals surface area contributed by atoms with Gasteiger partial charge in [-0.1, -0.05) is 0 Å². The van der Waals surface area contributed by atoms with Crippen molar-refractivity contribution < 1.29 is 15.6 Å². The maximum absolute atomic E-state index is 5.67. The molecular weight excluding hydrogens is 224 g/mol. The minimum absolute atomic E-state index is 0.145. The summed E-state index contributed by atoms with van der Waals surface area (Å²) in [6.07, 6.45) is 0. The van der Waals surface area contributed by atoms with E-state index in [1.54, 1.807) is 0 Å². The zero-order valence-corrected chi connectivity index (χ0v) is 11.1. The summed E-state index contributed by atoms with van der Waals surface area (Å²) in [6.45, 7) is 15.4. The molecule has 1 rings (SSSR count). The standard InChI is InChI=1S/C11H22N2.Cu/c1-10(2,3)12-7-8-13(9-12)11(4,5)6;/h7-8H2,1-6H3;. The first-order valence-corrected chi connectivity index (χ1v) is 5.65. The van der Waals surface area contributed by atoms with E-state index >= 15 is 0 Å². The second-order valence-corrected chi connectivity index (χ2v) is 6.30. The summed E-state index contributed by atoms with van der Waals surface area (Å²) < 4.78 is 0.984. The van der Waals surface area contributed by atoms with Gasteiger partial charge in [-0.3, -0.25) is 0 Å². The summed E-state index contributed by atoms with van der Waals surface area (Å²) >= 11 is 5.67. The van der Waals surface area contributed by atoms with Crippen molar-refractivity contribution in [1.82, 2.24) is 9.80 Å². The number of rotatable bonds is 0. The van der Waals surface area contributed by atoms with Gasteiger partial charge in [0.2, 0.25) is 0 Å². The fourth-order valence-electron chi connectivity index (χ4n) is 1.69. The Hall–Kier alpha value is 0.309. The van der Waals surface area contributed by atoms with Crippen molar-refractivity contribution in [3.8, 4) is 0 Å². The Morgan fingerprint density at radius 3 is 1.29 bits per heavy atom. The van der Waals surface area contributed by atoms with Crippen LogP contribution in [-0.2, 0) is 15.6 Å². The van der Waals surface area contributed by atoms with Gasteiger partial charge in [0.05, 0.1) is 0 Å². The van der Waals surface area contributed by atoms with Crippen molar-refractivity contribution in [3.63, 3.8) is 0 Å².